The zero-order valence-corrected chi connectivity index (χ0v) is 9.05. The van der Waals surface area contributed by atoms with Crippen molar-refractivity contribution >= 4 is 5.69 Å². The quantitative estimate of drug-likeness (QED) is 0.744. The number of anilines is 1. The smallest absolute Gasteiger partial charge is 0.119 e. The first-order valence-corrected chi connectivity index (χ1v) is 4.81. The van der Waals surface area contributed by atoms with Gasteiger partial charge in [-0.15, -0.1) is 0 Å². The van der Waals surface area contributed by atoms with E-state index in [4.69, 9.17) is 9.84 Å². The summed E-state index contributed by atoms with van der Waals surface area (Å²) in [4.78, 5) is 1.88. The molecule has 0 aliphatic carbocycles. The molecule has 0 bridgehead atoms. The van der Waals surface area contributed by atoms with Crippen LogP contribution in [0.2, 0.25) is 0 Å². The van der Waals surface area contributed by atoms with E-state index >= 15 is 0 Å². The number of aliphatic hydroxyl groups excluding tert-OH is 2. The van der Waals surface area contributed by atoms with Crippen molar-refractivity contribution in [2.45, 2.75) is 6.10 Å². The van der Waals surface area contributed by atoms with Crippen LogP contribution in [-0.2, 0) is 0 Å². The van der Waals surface area contributed by atoms with Gasteiger partial charge in [-0.1, -0.05) is 0 Å². The van der Waals surface area contributed by atoms with Gasteiger partial charge in [0.1, 0.15) is 5.75 Å². The summed E-state index contributed by atoms with van der Waals surface area (Å²) in [5.74, 6) is 0.801. The summed E-state index contributed by atoms with van der Waals surface area (Å²) in [5, 5.41) is 18.0. The van der Waals surface area contributed by atoms with E-state index in [-0.39, 0.29) is 6.61 Å². The SMILES string of the molecule is COc1ccc(N(C)CC(O)CO)cc1. The molecule has 1 aromatic carbocycles. The molecule has 0 aromatic heterocycles. The lowest BCUT2D eigenvalue weighted by Crippen LogP contribution is -2.31. The summed E-state index contributed by atoms with van der Waals surface area (Å²) in [6, 6.07) is 7.53. The Morgan fingerprint density at radius 1 is 1.33 bits per heavy atom. The minimum Gasteiger partial charge on any atom is -0.497 e. The van der Waals surface area contributed by atoms with Crippen LogP contribution in [0, 0.1) is 0 Å². The summed E-state index contributed by atoms with van der Waals surface area (Å²) in [7, 11) is 3.48. The number of methoxy groups -OCH3 is 1. The van der Waals surface area contributed by atoms with E-state index in [1.54, 1.807) is 7.11 Å². The maximum Gasteiger partial charge on any atom is 0.119 e. The Hall–Kier alpha value is -1.26. The van der Waals surface area contributed by atoms with Crippen molar-refractivity contribution in [3.63, 3.8) is 0 Å². The Labute approximate surface area is 89.7 Å². The summed E-state index contributed by atoms with van der Waals surface area (Å²) in [5.41, 5.74) is 0.975. The van der Waals surface area contributed by atoms with E-state index in [1.165, 1.54) is 0 Å². The third kappa shape index (κ3) is 3.42. The average Bonchev–Trinajstić information content (AvgIpc) is 2.29. The van der Waals surface area contributed by atoms with Crippen LogP contribution >= 0.6 is 0 Å². The Bertz CT molecular complexity index is 286. The molecule has 0 radical (unpaired) electrons. The second-order valence-corrected chi connectivity index (χ2v) is 3.41. The molecular weight excluding hydrogens is 194 g/mol. The number of nitrogens with zero attached hydrogens (tertiary/aromatic N) is 1. The van der Waals surface area contributed by atoms with Crippen LogP contribution in [0.1, 0.15) is 0 Å². The highest BCUT2D eigenvalue weighted by Crippen LogP contribution is 2.17. The number of aliphatic hydroxyl groups is 2. The molecule has 0 saturated carbocycles. The highest BCUT2D eigenvalue weighted by molar-refractivity contribution is 5.48. The molecule has 1 atom stereocenters. The molecule has 1 rings (SSSR count). The molecule has 4 heteroatoms. The summed E-state index contributed by atoms with van der Waals surface area (Å²) in [6.07, 6.45) is -0.711. The number of likely N-dealkylation sites (N-methyl/N-ethyl adjacent to an activating group) is 1. The molecule has 0 fully saturated rings. The Kier molecular flexibility index (Phi) is 4.39. The molecule has 0 aliphatic rings. The number of ether oxygens (including phenoxy) is 1. The third-order valence-electron chi connectivity index (χ3n) is 2.21. The van der Waals surface area contributed by atoms with E-state index in [1.807, 2.05) is 36.2 Å². The molecule has 0 spiro atoms. The zero-order chi connectivity index (χ0) is 11.3. The Balaban J connectivity index is 2.61. The van der Waals surface area contributed by atoms with Gasteiger partial charge in [0.05, 0.1) is 19.8 Å². The summed E-state index contributed by atoms with van der Waals surface area (Å²) < 4.78 is 5.04. The van der Waals surface area contributed by atoms with Gasteiger partial charge in [-0.2, -0.15) is 0 Å². The van der Waals surface area contributed by atoms with Gasteiger partial charge in [0.25, 0.3) is 0 Å². The predicted molar refractivity (Wildman–Crippen MR) is 59.4 cm³/mol. The first-order chi connectivity index (χ1) is 7.17. The molecule has 15 heavy (non-hydrogen) atoms. The lowest BCUT2D eigenvalue weighted by molar-refractivity contribution is 0.101. The van der Waals surface area contributed by atoms with Crippen molar-refractivity contribution in [3.8, 4) is 5.75 Å². The minimum absolute atomic E-state index is 0.222. The molecular formula is C11H17NO3. The van der Waals surface area contributed by atoms with E-state index in [2.05, 4.69) is 0 Å². The molecule has 84 valence electrons. The Morgan fingerprint density at radius 3 is 2.40 bits per heavy atom. The van der Waals surface area contributed by atoms with E-state index in [0.29, 0.717) is 6.54 Å². The molecule has 1 unspecified atom stereocenters. The maximum atomic E-state index is 9.27. The van der Waals surface area contributed by atoms with Crippen LogP contribution in [0.4, 0.5) is 5.69 Å². The fraction of sp³-hybridized carbons (Fsp3) is 0.455. The van der Waals surface area contributed by atoms with Gasteiger partial charge in [-0.05, 0) is 24.3 Å². The highest BCUT2D eigenvalue weighted by atomic mass is 16.5. The van der Waals surface area contributed by atoms with Crippen molar-refractivity contribution in [1.29, 1.82) is 0 Å². The van der Waals surface area contributed by atoms with Crippen molar-refractivity contribution < 1.29 is 14.9 Å². The molecule has 2 N–H and O–H groups in total. The molecule has 1 aromatic rings. The van der Waals surface area contributed by atoms with Gasteiger partial charge in [-0.3, -0.25) is 0 Å². The van der Waals surface area contributed by atoms with Gasteiger partial charge < -0.3 is 19.8 Å². The van der Waals surface area contributed by atoms with Crippen molar-refractivity contribution in [2.24, 2.45) is 0 Å². The molecule has 0 heterocycles. The zero-order valence-electron chi connectivity index (χ0n) is 9.05. The summed E-state index contributed by atoms with van der Waals surface area (Å²) >= 11 is 0. The van der Waals surface area contributed by atoms with E-state index in [0.717, 1.165) is 11.4 Å². The standard InChI is InChI=1S/C11H17NO3/c1-12(7-10(14)8-13)9-3-5-11(15-2)6-4-9/h3-6,10,13-14H,7-8H2,1-2H3. The van der Waals surface area contributed by atoms with Gasteiger partial charge in [-0.25, -0.2) is 0 Å². The number of hydrogen-bond donors (Lipinski definition) is 2. The van der Waals surface area contributed by atoms with Crippen LogP contribution in [0.3, 0.4) is 0 Å². The Morgan fingerprint density at radius 2 is 1.93 bits per heavy atom. The van der Waals surface area contributed by atoms with E-state index in [9.17, 15) is 5.11 Å². The summed E-state index contributed by atoms with van der Waals surface area (Å²) in [6.45, 7) is 0.184. The molecule has 4 nitrogen and oxygen atoms in total. The minimum atomic E-state index is -0.711. The fourth-order valence-electron chi connectivity index (χ4n) is 1.32. The average molecular weight is 211 g/mol. The first-order valence-electron chi connectivity index (χ1n) is 4.81. The van der Waals surface area contributed by atoms with Crippen molar-refractivity contribution in [1.82, 2.24) is 0 Å². The van der Waals surface area contributed by atoms with Gasteiger partial charge in [0.2, 0.25) is 0 Å². The third-order valence-corrected chi connectivity index (χ3v) is 2.21. The van der Waals surface area contributed by atoms with Crippen molar-refractivity contribution in [2.75, 3.05) is 32.2 Å². The number of benzene rings is 1. The van der Waals surface area contributed by atoms with Crippen LogP contribution in [0.5, 0.6) is 5.75 Å². The normalized spacial score (nSPS) is 12.3. The lowest BCUT2D eigenvalue weighted by Gasteiger charge is -2.21. The van der Waals surface area contributed by atoms with E-state index < -0.39 is 6.10 Å². The second kappa shape index (κ2) is 5.58. The van der Waals surface area contributed by atoms with Crippen LogP contribution in [-0.4, -0.2) is 43.6 Å². The predicted octanol–water partition coefficient (Wildman–Crippen LogP) is 0.485. The highest BCUT2D eigenvalue weighted by Gasteiger charge is 2.07. The van der Waals surface area contributed by atoms with Gasteiger partial charge >= 0.3 is 0 Å². The molecule has 0 aliphatic heterocycles. The van der Waals surface area contributed by atoms with Crippen LogP contribution in [0.25, 0.3) is 0 Å². The largest absolute Gasteiger partial charge is 0.497 e. The fourth-order valence-corrected chi connectivity index (χ4v) is 1.32. The van der Waals surface area contributed by atoms with Crippen molar-refractivity contribution in [3.05, 3.63) is 24.3 Å². The van der Waals surface area contributed by atoms with Gasteiger partial charge in [0, 0.05) is 19.3 Å². The van der Waals surface area contributed by atoms with Crippen LogP contribution in [0.15, 0.2) is 24.3 Å². The lowest BCUT2D eigenvalue weighted by atomic mass is 10.2. The topological polar surface area (TPSA) is 52.9 Å². The second-order valence-electron chi connectivity index (χ2n) is 3.41. The maximum absolute atomic E-state index is 9.27. The first kappa shape index (κ1) is 11.8. The monoisotopic (exact) mass is 211 g/mol. The van der Waals surface area contributed by atoms with Gasteiger partial charge in [0.15, 0.2) is 0 Å². The molecule has 0 amide bonds. The number of rotatable bonds is 5. The molecule has 0 saturated heterocycles. The number of hydrogen-bond acceptors (Lipinski definition) is 4. The van der Waals surface area contributed by atoms with Crippen LogP contribution < -0.4 is 9.64 Å².